The van der Waals surface area contributed by atoms with Crippen molar-refractivity contribution in [2.45, 2.75) is 77.3 Å². The van der Waals surface area contributed by atoms with Crippen LogP contribution in [0.5, 0.6) is 0 Å². The third-order valence-corrected chi connectivity index (χ3v) is 9.14. The maximum atomic E-state index is 6.63. The first kappa shape index (κ1) is 30.8. The minimum Gasteiger partial charge on any atom is -0.478 e. The monoisotopic (exact) mass is 598 g/mol. The first-order valence-corrected chi connectivity index (χ1v) is 16.2. The van der Waals surface area contributed by atoms with Crippen molar-refractivity contribution in [3.8, 4) is 0 Å². The van der Waals surface area contributed by atoms with Gasteiger partial charge in [0, 0.05) is 0 Å². The molecule has 0 bridgehead atoms. The lowest BCUT2D eigenvalue weighted by Gasteiger charge is -2.33. The second kappa shape index (κ2) is 12.3. The Kier molecular flexibility index (Phi) is 8.43. The number of benzene rings is 4. The molecule has 0 unspecified atom stereocenters. The summed E-state index contributed by atoms with van der Waals surface area (Å²) in [6.07, 6.45) is 1.33. The zero-order valence-electron chi connectivity index (χ0n) is 27.6. The van der Waals surface area contributed by atoms with Crippen molar-refractivity contribution < 1.29 is 9.47 Å². The molecule has 0 aliphatic carbocycles. The van der Waals surface area contributed by atoms with Crippen LogP contribution in [0, 0.1) is 5.41 Å². The van der Waals surface area contributed by atoms with Gasteiger partial charge in [-0.05, 0) is 57.1 Å². The molecule has 0 amide bonds. The van der Waals surface area contributed by atoms with Crippen molar-refractivity contribution >= 4 is 11.8 Å². The van der Waals surface area contributed by atoms with Crippen LogP contribution in [-0.4, -0.2) is 25.0 Å². The summed E-state index contributed by atoms with van der Waals surface area (Å²) < 4.78 is 13.3. The summed E-state index contributed by atoms with van der Waals surface area (Å²) in [4.78, 5) is 10.6. The summed E-state index contributed by atoms with van der Waals surface area (Å²) >= 11 is 0. The lowest BCUT2D eigenvalue weighted by atomic mass is 9.74. The van der Waals surface area contributed by atoms with E-state index in [2.05, 4.69) is 139 Å². The molecular formula is C41H46N2O2. The highest BCUT2D eigenvalue weighted by molar-refractivity contribution is 6.07. The summed E-state index contributed by atoms with van der Waals surface area (Å²) in [5.74, 6) is 1.42. The van der Waals surface area contributed by atoms with Crippen molar-refractivity contribution in [3.05, 3.63) is 143 Å². The van der Waals surface area contributed by atoms with Gasteiger partial charge in [-0.2, -0.15) is 0 Å². The Labute approximate surface area is 269 Å². The summed E-state index contributed by atoms with van der Waals surface area (Å²) in [6, 6.07) is 38.8. The standard InChI is InChI=1S/C41H46N2O2/c1-39(2,3)33-21-17-29(18-22-33)25-41(26-30-19-23-34(24-20-30)40(4,5)6,37-42-35(27-44-37)31-13-9-7-10-14-31)38-43-36(28-45-38)32-15-11-8-12-16-32/h7-24,35-36H,25-28H2,1-6H3/t35-,36-/m1/s1. The van der Waals surface area contributed by atoms with Gasteiger partial charge in [-0.25, -0.2) is 9.98 Å². The molecule has 45 heavy (non-hydrogen) atoms. The Balaban J connectivity index is 1.48. The van der Waals surface area contributed by atoms with E-state index in [9.17, 15) is 0 Å². The Morgan fingerprint density at radius 3 is 1.20 bits per heavy atom. The van der Waals surface area contributed by atoms with Gasteiger partial charge < -0.3 is 9.47 Å². The second-order valence-corrected chi connectivity index (χ2v) is 14.7. The predicted octanol–water partition coefficient (Wildman–Crippen LogP) is 9.39. The zero-order valence-corrected chi connectivity index (χ0v) is 27.6. The van der Waals surface area contributed by atoms with Crippen LogP contribution >= 0.6 is 0 Å². The van der Waals surface area contributed by atoms with Gasteiger partial charge in [0.1, 0.15) is 30.7 Å². The van der Waals surface area contributed by atoms with Gasteiger partial charge in [-0.15, -0.1) is 0 Å². The van der Waals surface area contributed by atoms with E-state index >= 15 is 0 Å². The molecule has 232 valence electrons. The molecule has 0 radical (unpaired) electrons. The summed E-state index contributed by atoms with van der Waals surface area (Å²) in [6.45, 7) is 14.5. The van der Waals surface area contributed by atoms with Crippen LogP contribution in [0.2, 0.25) is 0 Å². The van der Waals surface area contributed by atoms with Gasteiger partial charge in [0.2, 0.25) is 11.8 Å². The van der Waals surface area contributed by atoms with Gasteiger partial charge in [-0.1, -0.05) is 151 Å². The van der Waals surface area contributed by atoms with Crippen molar-refractivity contribution in [1.29, 1.82) is 0 Å². The Morgan fingerprint density at radius 1 is 0.511 bits per heavy atom. The van der Waals surface area contributed by atoms with Crippen molar-refractivity contribution in [2.75, 3.05) is 13.2 Å². The Morgan fingerprint density at radius 2 is 0.867 bits per heavy atom. The van der Waals surface area contributed by atoms with E-state index in [4.69, 9.17) is 19.5 Å². The molecule has 4 heteroatoms. The molecule has 0 aromatic heterocycles. The molecule has 0 fully saturated rings. The van der Waals surface area contributed by atoms with Crippen molar-refractivity contribution in [3.63, 3.8) is 0 Å². The highest BCUT2D eigenvalue weighted by Gasteiger charge is 2.49. The zero-order chi connectivity index (χ0) is 31.7. The number of rotatable bonds is 8. The second-order valence-electron chi connectivity index (χ2n) is 14.7. The molecule has 0 saturated carbocycles. The van der Waals surface area contributed by atoms with E-state index in [1.165, 1.54) is 22.3 Å². The summed E-state index contributed by atoms with van der Waals surface area (Å²) in [5.41, 5.74) is 6.79. The third kappa shape index (κ3) is 6.76. The van der Waals surface area contributed by atoms with Gasteiger partial charge in [0.25, 0.3) is 0 Å². The molecule has 4 nitrogen and oxygen atoms in total. The predicted molar refractivity (Wildman–Crippen MR) is 185 cm³/mol. The smallest absolute Gasteiger partial charge is 0.200 e. The van der Waals surface area contributed by atoms with E-state index < -0.39 is 5.41 Å². The van der Waals surface area contributed by atoms with Crippen molar-refractivity contribution in [1.82, 2.24) is 0 Å². The van der Waals surface area contributed by atoms with Crippen LogP contribution < -0.4 is 0 Å². The first-order valence-electron chi connectivity index (χ1n) is 16.2. The normalized spacial score (nSPS) is 18.6. The van der Waals surface area contributed by atoms with Gasteiger partial charge in [-0.3, -0.25) is 0 Å². The van der Waals surface area contributed by atoms with E-state index in [0.717, 1.165) is 11.1 Å². The number of aliphatic imine (C=N–C) groups is 2. The maximum Gasteiger partial charge on any atom is 0.200 e. The Hall–Kier alpha value is -4.18. The fraction of sp³-hybridized carbons (Fsp3) is 0.366. The quantitative estimate of drug-likeness (QED) is 0.203. The van der Waals surface area contributed by atoms with Crippen LogP contribution in [0.1, 0.15) is 87.0 Å². The lowest BCUT2D eigenvalue weighted by molar-refractivity contribution is 0.249. The molecule has 4 aromatic rings. The van der Waals surface area contributed by atoms with E-state index in [1.54, 1.807) is 0 Å². The van der Waals surface area contributed by atoms with Crippen LogP contribution in [0.25, 0.3) is 0 Å². The van der Waals surface area contributed by atoms with E-state index in [-0.39, 0.29) is 22.9 Å². The first-order chi connectivity index (χ1) is 21.5. The Bertz CT molecular complexity index is 1510. The number of nitrogens with zero attached hydrogens (tertiary/aromatic N) is 2. The molecule has 4 aromatic carbocycles. The topological polar surface area (TPSA) is 43.2 Å². The largest absolute Gasteiger partial charge is 0.478 e. The van der Waals surface area contributed by atoms with E-state index in [1.807, 2.05) is 12.1 Å². The van der Waals surface area contributed by atoms with Crippen LogP contribution in [-0.2, 0) is 33.1 Å². The highest BCUT2D eigenvalue weighted by Crippen LogP contribution is 2.41. The van der Waals surface area contributed by atoms with E-state index in [0.29, 0.717) is 37.9 Å². The fourth-order valence-corrected chi connectivity index (χ4v) is 6.36. The third-order valence-electron chi connectivity index (χ3n) is 9.14. The molecule has 6 rings (SSSR count). The number of hydrogen-bond acceptors (Lipinski definition) is 4. The molecule has 0 N–H and O–H groups in total. The summed E-state index contributed by atoms with van der Waals surface area (Å²) in [5, 5.41) is 0. The minimum absolute atomic E-state index is 0.0703. The molecule has 0 saturated heterocycles. The molecule has 2 heterocycles. The highest BCUT2D eigenvalue weighted by atomic mass is 16.5. The number of ether oxygens (including phenoxy) is 2. The van der Waals surface area contributed by atoms with Crippen LogP contribution in [0.15, 0.2) is 119 Å². The van der Waals surface area contributed by atoms with Gasteiger partial charge in [0.05, 0.1) is 0 Å². The maximum absolute atomic E-state index is 6.63. The van der Waals surface area contributed by atoms with Crippen LogP contribution in [0.3, 0.4) is 0 Å². The SMILES string of the molecule is CC(C)(C)c1ccc(CC(Cc2ccc(C(C)(C)C)cc2)(C2=N[C@@H](c3ccccc3)CO2)C2=N[C@@H](c3ccccc3)CO2)cc1. The minimum atomic E-state index is -0.709. The molecule has 0 spiro atoms. The molecule has 2 aliphatic rings. The van der Waals surface area contributed by atoms with Crippen LogP contribution in [0.4, 0.5) is 0 Å². The summed E-state index contributed by atoms with van der Waals surface area (Å²) in [7, 11) is 0. The van der Waals surface area contributed by atoms with Gasteiger partial charge >= 0.3 is 0 Å². The average molecular weight is 599 g/mol. The average Bonchev–Trinajstić information content (AvgIpc) is 3.73. The molecule has 2 aliphatic heterocycles. The fourth-order valence-electron chi connectivity index (χ4n) is 6.36. The molecule has 2 atom stereocenters. The molecular weight excluding hydrogens is 552 g/mol. The lowest BCUT2D eigenvalue weighted by Crippen LogP contribution is -2.44. The van der Waals surface area contributed by atoms with Gasteiger partial charge in [0.15, 0.2) is 0 Å². The number of hydrogen-bond donors (Lipinski definition) is 0. The van der Waals surface area contributed by atoms with Crippen molar-refractivity contribution in [2.24, 2.45) is 15.4 Å².